The second-order valence-corrected chi connectivity index (χ2v) is 6.29. The molecule has 3 heteroatoms. The van der Waals surface area contributed by atoms with E-state index in [0.717, 1.165) is 32.8 Å². The predicted octanol–water partition coefficient (Wildman–Crippen LogP) is 1.88. The maximum Gasteiger partial charge on any atom is 0.0594 e. The van der Waals surface area contributed by atoms with Crippen molar-refractivity contribution < 1.29 is 4.74 Å². The molecule has 1 N–H and O–H groups in total. The van der Waals surface area contributed by atoms with Crippen LogP contribution in [0.2, 0.25) is 0 Å². The summed E-state index contributed by atoms with van der Waals surface area (Å²) >= 11 is 0. The normalized spacial score (nSPS) is 34.8. The lowest BCUT2D eigenvalue weighted by atomic mass is 9.72. The predicted molar refractivity (Wildman–Crippen MR) is 71.3 cm³/mol. The Hall–Kier alpha value is -0.120. The molecule has 1 aliphatic carbocycles. The Morgan fingerprint density at radius 1 is 1.29 bits per heavy atom. The standard InChI is InChI=1S/C14H28N2O/c1-4-15-12-5-6-14(2,3)11-13(12)16-7-9-17-10-8-16/h12-13,15H,4-11H2,1-3H3. The van der Waals surface area contributed by atoms with Gasteiger partial charge >= 0.3 is 0 Å². The number of morpholine rings is 1. The van der Waals surface area contributed by atoms with Crippen molar-refractivity contribution in [2.24, 2.45) is 5.41 Å². The second kappa shape index (κ2) is 5.68. The summed E-state index contributed by atoms with van der Waals surface area (Å²) in [7, 11) is 0. The molecule has 1 saturated carbocycles. The first-order valence-corrected chi connectivity index (χ1v) is 7.17. The van der Waals surface area contributed by atoms with E-state index in [1.165, 1.54) is 19.3 Å². The van der Waals surface area contributed by atoms with E-state index >= 15 is 0 Å². The molecule has 2 aliphatic rings. The summed E-state index contributed by atoms with van der Waals surface area (Å²) in [5.74, 6) is 0. The molecule has 2 fully saturated rings. The van der Waals surface area contributed by atoms with E-state index in [-0.39, 0.29) is 0 Å². The minimum atomic E-state index is 0.509. The van der Waals surface area contributed by atoms with Crippen LogP contribution in [0.5, 0.6) is 0 Å². The highest BCUT2D eigenvalue weighted by Gasteiger charge is 2.37. The lowest BCUT2D eigenvalue weighted by Gasteiger charge is -2.47. The highest BCUT2D eigenvalue weighted by atomic mass is 16.5. The fraction of sp³-hybridized carbons (Fsp3) is 1.00. The first-order chi connectivity index (χ1) is 8.12. The minimum Gasteiger partial charge on any atom is -0.379 e. The number of ether oxygens (including phenoxy) is 1. The number of nitrogens with zero attached hydrogens (tertiary/aromatic N) is 1. The minimum absolute atomic E-state index is 0.509. The molecule has 0 aromatic rings. The molecule has 17 heavy (non-hydrogen) atoms. The molecule has 0 bridgehead atoms. The van der Waals surface area contributed by atoms with Gasteiger partial charge in [0, 0.05) is 25.2 Å². The molecule has 2 unspecified atom stereocenters. The van der Waals surface area contributed by atoms with Crippen LogP contribution in [0.3, 0.4) is 0 Å². The Balaban J connectivity index is 2.01. The van der Waals surface area contributed by atoms with Crippen molar-refractivity contribution in [3.05, 3.63) is 0 Å². The quantitative estimate of drug-likeness (QED) is 0.815. The molecule has 100 valence electrons. The Kier molecular flexibility index (Phi) is 4.45. The van der Waals surface area contributed by atoms with Crippen LogP contribution in [0, 0.1) is 5.41 Å². The van der Waals surface area contributed by atoms with Crippen LogP contribution in [0.15, 0.2) is 0 Å². The largest absolute Gasteiger partial charge is 0.379 e. The molecule has 2 atom stereocenters. The first-order valence-electron chi connectivity index (χ1n) is 7.17. The number of rotatable bonds is 3. The summed E-state index contributed by atoms with van der Waals surface area (Å²) in [5, 5.41) is 3.69. The number of hydrogen-bond donors (Lipinski definition) is 1. The molecular weight excluding hydrogens is 212 g/mol. The van der Waals surface area contributed by atoms with E-state index in [2.05, 4.69) is 31.0 Å². The smallest absolute Gasteiger partial charge is 0.0594 e. The Bertz CT molecular complexity index is 232. The van der Waals surface area contributed by atoms with Gasteiger partial charge < -0.3 is 10.1 Å². The molecule has 2 rings (SSSR count). The third kappa shape index (κ3) is 3.43. The van der Waals surface area contributed by atoms with Gasteiger partial charge in [-0.3, -0.25) is 4.90 Å². The van der Waals surface area contributed by atoms with E-state index < -0.39 is 0 Å². The third-order valence-electron chi connectivity index (χ3n) is 4.34. The van der Waals surface area contributed by atoms with E-state index in [9.17, 15) is 0 Å². The summed E-state index contributed by atoms with van der Waals surface area (Å²) in [4.78, 5) is 2.65. The van der Waals surface area contributed by atoms with Crippen molar-refractivity contribution >= 4 is 0 Å². The molecular formula is C14H28N2O. The molecule has 3 nitrogen and oxygen atoms in total. The Labute approximate surface area is 106 Å². The van der Waals surface area contributed by atoms with Gasteiger partial charge in [-0.25, -0.2) is 0 Å². The Morgan fingerprint density at radius 2 is 2.00 bits per heavy atom. The van der Waals surface area contributed by atoms with Crippen molar-refractivity contribution in [1.29, 1.82) is 0 Å². The number of nitrogens with one attached hydrogen (secondary N) is 1. The molecule has 1 aliphatic heterocycles. The van der Waals surface area contributed by atoms with Crippen molar-refractivity contribution in [1.82, 2.24) is 10.2 Å². The maximum atomic E-state index is 5.48. The number of likely N-dealkylation sites (N-methyl/N-ethyl adjacent to an activating group) is 1. The molecule has 1 heterocycles. The summed E-state index contributed by atoms with van der Waals surface area (Å²) in [6.45, 7) is 12.2. The van der Waals surface area contributed by atoms with Crippen LogP contribution in [0.1, 0.15) is 40.0 Å². The van der Waals surface area contributed by atoms with E-state index in [4.69, 9.17) is 4.74 Å². The zero-order chi connectivity index (χ0) is 12.3. The van der Waals surface area contributed by atoms with Gasteiger partial charge in [-0.1, -0.05) is 20.8 Å². The van der Waals surface area contributed by atoms with Crippen molar-refractivity contribution in [3.8, 4) is 0 Å². The summed E-state index contributed by atoms with van der Waals surface area (Å²) in [6, 6.07) is 1.40. The van der Waals surface area contributed by atoms with Gasteiger partial charge in [0.05, 0.1) is 13.2 Å². The van der Waals surface area contributed by atoms with Gasteiger partial charge in [0.1, 0.15) is 0 Å². The van der Waals surface area contributed by atoms with Crippen LogP contribution in [-0.4, -0.2) is 49.8 Å². The van der Waals surface area contributed by atoms with E-state index in [0.29, 0.717) is 17.5 Å². The summed E-state index contributed by atoms with van der Waals surface area (Å²) in [6.07, 6.45) is 4.00. The van der Waals surface area contributed by atoms with E-state index in [1.807, 2.05) is 0 Å². The first kappa shape index (κ1) is 13.3. The topological polar surface area (TPSA) is 24.5 Å². The molecule has 0 amide bonds. The highest BCUT2D eigenvalue weighted by Crippen LogP contribution is 2.37. The van der Waals surface area contributed by atoms with Crippen LogP contribution < -0.4 is 5.32 Å². The molecule has 0 aromatic heterocycles. The summed E-state index contributed by atoms with van der Waals surface area (Å²) < 4.78 is 5.48. The fourth-order valence-corrected chi connectivity index (χ4v) is 3.34. The van der Waals surface area contributed by atoms with Crippen LogP contribution in [-0.2, 0) is 4.74 Å². The van der Waals surface area contributed by atoms with Crippen LogP contribution >= 0.6 is 0 Å². The molecule has 1 saturated heterocycles. The van der Waals surface area contributed by atoms with Crippen molar-refractivity contribution in [2.75, 3.05) is 32.8 Å². The average molecular weight is 240 g/mol. The zero-order valence-corrected chi connectivity index (χ0v) is 11.7. The van der Waals surface area contributed by atoms with Gasteiger partial charge in [-0.15, -0.1) is 0 Å². The highest BCUT2D eigenvalue weighted by molar-refractivity contribution is 4.94. The molecule has 0 spiro atoms. The van der Waals surface area contributed by atoms with Gasteiger partial charge in [-0.2, -0.15) is 0 Å². The monoisotopic (exact) mass is 240 g/mol. The lowest BCUT2D eigenvalue weighted by molar-refractivity contribution is -0.0163. The van der Waals surface area contributed by atoms with Crippen molar-refractivity contribution in [2.45, 2.75) is 52.1 Å². The maximum absolute atomic E-state index is 5.48. The van der Waals surface area contributed by atoms with Crippen molar-refractivity contribution in [3.63, 3.8) is 0 Å². The third-order valence-corrected chi connectivity index (χ3v) is 4.34. The number of hydrogen-bond acceptors (Lipinski definition) is 3. The molecule has 0 radical (unpaired) electrons. The van der Waals surface area contributed by atoms with E-state index in [1.54, 1.807) is 0 Å². The van der Waals surface area contributed by atoms with Gasteiger partial charge in [-0.05, 0) is 31.2 Å². The van der Waals surface area contributed by atoms with Gasteiger partial charge in [0.25, 0.3) is 0 Å². The van der Waals surface area contributed by atoms with Crippen LogP contribution in [0.25, 0.3) is 0 Å². The lowest BCUT2D eigenvalue weighted by Crippen LogP contribution is -2.57. The zero-order valence-electron chi connectivity index (χ0n) is 11.7. The second-order valence-electron chi connectivity index (χ2n) is 6.29. The van der Waals surface area contributed by atoms with Gasteiger partial charge in [0.15, 0.2) is 0 Å². The van der Waals surface area contributed by atoms with Crippen LogP contribution in [0.4, 0.5) is 0 Å². The average Bonchev–Trinajstić information content (AvgIpc) is 2.32. The van der Waals surface area contributed by atoms with Gasteiger partial charge in [0.2, 0.25) is 0 Å². The SMILES string of the molecule is CCNC1CCC(C)(C)CC1N1CCOCC1. The Morgan fingerprint density at radius 3 is 2.65 bits per heavy atom. The fourth-order valence-electron chi connectivity index (χ4n) is 3.34. The molecule has 0 aromatic carbocycles. The summed E-state index contributed by atoms with van der Waals surface area (Å²) in [5.41, 5.74) is 0.509.